The lowest BCUT2D eigenvalue weighted by atomic mass is 9.98. The van der Waals surface area contributed by atoms with Crippen LogP contribution in [0.15, 0.2) is 85.1 Å². The Labute approximate surface area is 505 Å². The molecule has 1 heterocycles. The normalized spacial score (nSPS) is 18.1. The van der Waals surface area contributed by atoms with Gasteiger partial charge in [-0.2, -0.15) is 0 Å². The fourth-order valence-electron chi connectivity index (χ4n) is 9.80. The van der Waals surface area contributed by atoms with Crippen molar-refractivity contribution >= 4 is 23.9 Å². The van der Waals surface area contributed by atoms with E-state index in [2.05, 4.69) is 106 Å². The van der Waals surface area contributed by atoms with Crippen molar-refractivity contribution in [3.8, 4) is 0 Å². The molecule has 12 nitrogen and oxygen atoms in total. The molecule has 0 aliphatic carbocycles. The lowest BCUT2D eigenvalue weighted by Gasteiger charge is -2.40. The minimum absolute atomic E-state index is 0.0529. The Bertz CT molecular complexity index is 1760. The number of aliphatic hydroxyl groups excluding tert-OH is 2. The van der Waals surface area contributed by atoms with Crippen molar-refractivity contribution in [2.75, 3.05) is 13.2 Å². The number of ether oxygens (including phenoxy) is 5. The Morgan fingerprint density at radius 2 is 0.759 bits per heavy atom. The van der Waals surface area contributed by atoms with Gasteiger partial charge in [-0.15, -0.1) is 0 Å². The molecule has 0 radical (unpaired) electrons. The van der Waals surface area contributed by atoms with Crippen molar-refractivity contribution in [3.05, 3.63) is 85.1 Å². The van der Waals surface area contributed by atoms with Crippen molar-refractivity contribution in [3.63, 3.8) is 0 Å². The predicted octanol–water partition coefficient (Wildman–Crippen LogP) is 18.2. The second-order valence-corrected chi connectivity index (χ2v) is 22.7. The summed E-state index contributed by atoms with van der Waals surface area (Å²) in [6.07, 6.45) is 63.9. The summed E-state index contributed by atoms with van der Waals surface area (Å²) in [5.41, 5.74) is 0. The number of hydrogen-bond donors (Lipinski definition) is 3. The molecule has 3 N–H and O–H groups in total. The van der Waals surface area contributed by atoms with Crippen molar-refractivity contribution in [1.82, 2.24) is 0 Å². The van der Waals surface area contributed by atoms with Gasteiger partial charge < -0.3 is 39.0 Å². The molecule has 0 spiro atoms. The lowest BCUT2D eigenvalue weighted by Crippen LogP contribution is -2.61. The van der Waals surface area contributed by atoms with E-state index in [1.54, 1.807) is 0 Å². The van der Waals surface area contributed by atoms with Gasteiger partial charge in [-0.3, -0.25) is 14.4 Å². The zero-order chi connectivity index (χ0) is 60.3. The number of aliphatic carboxylic acids is 1. The van der Waals surface area contributed by atoms with Crippen LogP contribution in [0.2, 0.25) is 0 Å². The molecule has 1 aliphatic heterocycles. The van der Waals surface area contributed by atoms with Crippen LogP contribution >= 0.6 is 0 Å². The van der Waals surface area contributed by atoms with Crippen LogP contribution in [0.1, 0.15) is 290 Å². The summed E-state index contributed by atoms with van der Waals surface area (Å²) < 4.78 is 28.5. The van der Waals surface area contributed by atoms with Gasteiger partial charge in [0.2, 0.25) is 0 Å². The Hall–Kier alpha value is -4.10. The predicted molar refractivity (Wildman–Crippen MR) is 340 cm³/mol. The van der Waals surface area contributed by atoms with E-state index in [1.165, 1.54) is 96.3 Å². The monoisotopic (exact) mass is 1160 g/mol. The number of carbonyl (C=O) groups is 4. The van der Waals surface area contributed by atoms with E-state index >= 15 is 0 Å². The molecule has 476 valence electrons. The molecule has 6 unspecified atom stereocenters. The first-order valence-electron chi connectivity index (χ1n) is 33.6. The topological polar surface area (TPSA) is 175 Å². The van der Waals surface area contributed by atoms with Crippen LogP contribution in [0, 0.1) is 0 Å². The van der Waals surface area contributed by atoms with Gasteiger partial charge in [-0.05, 0) is 116 Å². The molecule has 83 heavy (non-hydrogen) atoms. The summed E-state index contributed by atoms with van der Waals surface area (Å²) >= 11 is 0. The number of hydrogen-bond acceptors (Lipinski definition) is 11. The molecule has 1 fully saturated rings. The number of carboxylic acid groups (broad SMARTS) is 1. The van der Waals surface area contributed by atoms with Gasteiger partial charge >= 0.3 is 23.9 Å². The van der Waals surface area contributed by atoms with Gasteiger partial charge in [-0.1, -0.05) is 241 Å². The summed E-state index contributed by atoms with van der Waals surface area (Å²) in [5.74, 6) is -3.15. The van der Waals surface area contributed by atoms with Crippen molar-refractivity contribution < 1.29 is 58.2 Å². The standard InChI is InChI=1S/C71H120O12/c1-4-7-10-13-16-19-22-25-28-30-32-34-37-39-42-45-48-51-54-57-63(72)79-60-62(81-64(73)58-55-52-49-46-43-40-36-27-24-21-18-15-12-9-6-3)61-80-71-69(67(76)66(75)68(83-71)70(77)78)82-65(74)59-56-53-50-47-44-41-38-35-33-31-29-26-23-20-17-14-11-8-5-2/h9,12,16,18-19,21,25-29,32,34,36,62,66-69,71,75-76H,4-8,10-11,13-15,17,20,22-24,30-31,33,35,37-61H2,1-3H3,(H,77,78)/b12-9-,19-16-,21-18-,28-25-,29-26-,34-32-,36-27-. The van der Waals surface area contributed by atoms with Gasteiger partial charge in [0.05, 0.1) is 6.61 Å². The maximum Gasteiger partial charge on any atom is 0.335 e. The average Bonchev–Trinajstić information content (AvgIpc) is 3.60. The summed E-state index contributed by atoms with van der Waals surface area (Å²) in [4.78, 5) is 51.4. The van der Waals surface area contributed by atoms with Gasteiger partial charge in [0.1, 0.15) is 18.8 Å². The molecule has 0 saturated carbocycles. The van der Waals surface area contributed by atoms with E-state index in [0.717, 1.165) is 135 Å². The zero-order valence-electron chi connectivity index (χ0n) is 52.7. The second-order valence-electron chi connectivity index (χ2n) is 22.7. The highest BCUT2D eigenvalue weighted by molar-refractivity contribution is 5.74. The SMILES string of the molecule is CC/C=C\C/C=C\C/C=C\CCCCCCCC(=O)OC(COC(=O)CCCCCCCC/C=C\C/C=C\C/C=C\CCCCC)COC1OC(C(=O)O)C(O)C(O)C1OC(=O)CCCCCCCCCCC/C=C\CCCCCCCC. The van der Waals surface area contributed by atoms with E-state index in [9.17, 15) is 34.5 Å². The van der Waals surface area contributed by atoms with E-state index < -0.39 is 67.3 Å². The largest absolute Gasteiger partial charge is 0.479 e. The Kier molecular flexibility index (Phi) is 54.0. The maximum atomic E-state index is 13.2. The number of allylic oxidation sites excluding steroid dienone is 14. The van der Waals surface area contributed by atoms with E-state index in [0.29, 0.717) is 19.3 Å². The quantitative estimate of drug-likeness (QED) is 0.0228. The Morgan fingerprint density at radius 1 is 0.410 bits per heavy atom. The summed E-state index contributed by atoms with van der Waals surface area (Å²) in [6.45, 7) is 5.86. The number of aliphatic hydroxyl groups is 2. The molecule has 0 aromatic rings. The van der Waals surface area contributed by atoms with Crippen LogP contribution in [-0.2, 0) is 42.9 Å². The van der Waals surface area contributed by atoms with Crippen LogP contribution in [0.5, 0.6) is 0 Å². The number of carboxylic acids is 1. The van der Waals surface area contributed by atoms with E-state index in [-0.39, 0.29) is 25.9 Å². The van der Waals surface area contributed by atoms with Crippen LogP contribution in [0.3, 0.4) is 0 Å². The first-order valence-corrected chi connectivity index (χ1v) is 33.6. The third-order valence-electron chi connectivity index (χ3n) is 14.9. The number of rotatable bonds is 57. The first kappa shape index (κ1) is 76.9. The number of unbranched alkanes of at least 4 members (excludes halogenated alkanes) is 29. The highest BCUT2D eigenvalue weighted by Gasteiger charge is 2.50. The molecule has 0 bridgehead atoms. The first-order chi connectivity index (χ1) is 40.6. The molecule has 1 rings (SSSR count). The zero-order valence-corrected chi connectivity index (χ0v) is 52.7. The van der Waals surface area contributed by atoms with Gasteiger partial charge in [0.25, 0.3) is 0 Å². The van der Waals surface area contributed by atoms with Gasteiger partial charge in [-0.25, -0.2) is 4.79 Å². The minimum Gasteiger partial charge on any atom is -0.479 e. The third-order valence-corrected chi connectivity index (χ3v) is 14.9. The Balaban J connectivity index is 2.66. The molecular formula is C71H120O12. The van der Waals surface area contributed by atoms with Gasteiger partial charge in [0.15, 0.2) is 24.6 Å². The van der Waals surface area contributed by atoms with E-state index in [4.69, 9.17) is 23.7 Å². The van der Waals surface area contributed by atoms with E-state index in [1.807, 2.05) is 0 Å². The van der Waals surface area contributed by atoms with Crippen molar-refractivity contribution in [1.29, 1.82) is 0 Å². The fourth-order valence-corrected chi connectivity index (χ4v) is 9.80. The summed E-state index contributed by atoms with van der Waals surface area (Å²) in [7, 11) is 0. The highest BCUT2D eigenvalue weighted by Crippen LogP contribution is 2.27. The number of carbonyl (C=O) groups excluding carboxylic acids is 3. The average molecular weight is 1170 g/mol. The smallest absolute Gasteiger partial charge is 0.335 e. The molecule has 12 heteroatoms. The van der Waals surface area contributed by atoms with Crippen LogP contribution in [0.4, 0.5) is 0 Å². The summed E-state index contributed by atoms with van der Waals surface area (Å²) in [5, 5.41) is 31.6. The van der Waals surface area contributed by atoms with Crippen LogP contribution < -0.4 is 0 Å². The van der Waals surface area contributed by atoms with Crippen molar-refractivity contribution in [2.45, 2.75) is 327 Å². The molecule has 1 aliphatic rings. The maximum absolute atomic E-state index is 13.2. The van der Waals surface area contributed by atoms with Crippen molar-refractivity contribution in [2.24, 2.45) is 0 Å². The summed E-state index contributed by atoms with van der Waals surface area (Å²) in [6, 6.07) is 0. The highest BCUT2D eigenvalue weighted by atomic mass is 16.7. The third kappa shape index (κ3) is 47.8. The molecule has 0 aromatic heterocycles. The van der Waals surface area contributed by atoms with Crippen LogP contribution in [-0.4, -0.2) is 89.2 Å². The molecule has 1 saturated heterocycles. The van der Waals surface area contributed by atoms with Gasteiger partial charge in [0, 0.05) is 19.3 Å². The molecule has 0 aromatic carbocycles. The lowest BCUT2D eigenvalue weighted by molar-refractivity contribution is -0.301. The molecule has 0 amide bonds. The Morgan fingerprint density at radius 3 is 1.19 bits per heavy atom. The minimum atomic E-state index is -1.91. The molecular weight excluding hydrogens is 1040 g/mol. The molecule has 6 atom stereocenters. The number of esters is 3. The second kappa shape index (κ2) is 58.3. The fraction of sp³-hybridized carbons (Fsp3) is 0.746. The van der Waals surface area contributed by atoms with Crippen LogP contribution in [0.25, 0.3) is 0 Å².